The van der Waals surface area contributed by atoms with Crippen molar-refractivity contribution < 1.29 is 17.9 Å². The molecule has 1 aromatic rings. The third kappa shape index (κ3) is 3.20. The Kier molecular flexibility index (Phi) is 4.16. The van der Waals surface area contributed by atoms with E-state index in [0.717, 1.165) is 6.26 Å². The minimum atomic E-state index is -3.46. The lowest BCUT2D eigenvalue weighted by atomic mass is 10.1. The van der Waals surface area contributed by atoms with Crippen LogP contribution in [0.25, 0.3) is 0 Å². The summed E-state index contributed by atoms with van der Waals surface area (Å²) in [4.78, 5) is 11.1. The highest BCUT2D eigenvalue weighted by Crippen LogP contribution is 2.28. The molecule has 0 atom stereocenters. The van der Waals surface area contributed by atoms with Crippen molar-refractivity contribution in [3.05, 3.63) is 23.3 Å². The van der Waals surface area contributed by atoms with Gasteiger partial charge in [-0.3, -0.25) is 4.79 Å². The Bertz CT molecular complexity index is 549. The highest BCUT2D eigenvalue weighted by molar-refractivity contribution is 7.90. The van der Waals surface area contributed by atoms with Gasteiger partial charge in [-0.2, -0.15) is 0 Å². The number of aryl methyl sites for hydroxylation is 1. The predicted octanol–water partition coefficient (Wildman–Crippen LogP) is 2.18. The molecular formula is C11H13ClO4S. The van der Waals surface area contributed by atoms with Crippen LogP contribution in [0.1, 0.15) is 22.8 Å². The van der Waals surface area contributed by atoms with Gasteiger partial charge in [0.1, 0.15) is 10.6 Å². The smallest absolute Gasteiger partial charge is 0.252 e. The van der Waals surface area contributed by atoms with Crippen molar-refractivity contribution in [1.82, 2.24) is 0 Å². The van der Waals surface area contributed by atoms with Crippen molar-refractivity contribution in [1.29, 1.82) is 0 Å². The molecule has 0 radical (unpaired) electrons. The van der Waals surface area contributed by atoms with E-state index in [-0.39, 0.29) is 16.2 Å². The normalized spacial score (nSPS) is 11.3. The van der Waals surface area contributed by atoms with Gasteiger partial charge >= 0.3 is 0 Å². The summed E-state index contributed by atoms with van der Waals surface area (Å²) in [7, 11) is -3.46. The maximum Gasteiger partial charge on any atom is 0.252 e. The third-order valence-corrected chi connectivity index (χ3v) is 3.52. The lowest BCUT2D eigenvalue weighted by Gasteiger charge is -2.11. The Morgan fingerprint density at radius 1 is 1.41 bits per heavy atom. The lowest BCUT2D eigenvalue weighted by Crippen LogP contribution is -2.06. The average molecular weight is 277 g/mol. The fraction of sp³-hybridized carbons (Fsp3) is 0.364. The van der Waals surface area contributed by atoms with Crippen LogP contribution in [0.4, 0.5) is 0 Å². The van der Waals surface area contributed by atoms with Crippen molar-refractivity contribution >= 4 is 26.7 Å². The maximum atomic E-state index is 11.6. The first-order chi connectivity index (χ1) is 7.77. The molecule has 4 nitrogen and oxygen atoms in total. The molecule has 0 fully saturated rings. The van der Waals surface area contributed by atoms with Gasteiger partial charge in [-0.05, 0) is 43.1 Å². The number of halogens is 1. The van der Waals surface area contributed by atoms with Crippen LogP contribution in [0, 0.1) is 6.92 Å². The van der Waals surface area contributed by atoms with Crippen LogP contribution in [0.15, 0.2) is 17.0 Å². The van der Waals surface area contributed by atoms with Crippen molar-refractivity contribution in [2.24, 2.45) is 0 Å². The topological polar surface area (TPSA) is 60.4 Å². The van der Waals surface area contributed by atoms with Gasteiger partial charge in [-0.25, -0.2) is 8.42 Å². The van der Waals surface area contributed by atoms with E-state index in [2.05, 4.69) is 0 Å². The molecule has 0 bridgehead atoms. The van der Waals surface area contributed by atoms with E-state index >= 15 is 0 Å². The van der Waals surface area contributed by atoms with Crippen LogP contribution in [0.2, 0.25) is 0 Å². The summed E-state index contributed by atoms with van der Waals surface area (Å²) in [5, 5.41) is -0.685. The number of ether oxygens (including phenoxy) is 1. The molecule has 0 spiro atoms. The molecule has 0 aromatic heterocycles. The second kappa shape index (κ2) is 5.06. The van der Waals surface area contributed by atoms with Crippen LogP contribution in [-0.2, 0) is 9.84 Å². The third-order valence-electron chi connectivity index (χ3n) is 2.20. The quantitative estimate of drug-likeness (QED) is 0.791. The largest absolute Gasteiger partial charge is 0.493 e. The van der Waals surface area contributed by atoms with Gasteiger partial charge in [0.05, 0.1) is 6.61 Å². The van der Waals surface area contributed by atoms with Gasteiger partial charge in [-0.15, -0.1) is 0 Å². The Labute approximate surface area is 105 Å². The first-order valence-corrected chi connectivity index (χ1v) is 7.21. The van der Waals surface area contributed by atoms with Gasteiger partial charge in [0.15, 0.2) is 9.84 Å². The molecule has 0 saturated carbocycles. The summed E-state index contributed by atoms with van der Waals surface area (Å²) in [6.07, 6.45) is 1.06. The van der Waals surface area contributed by atoms with Crippen LogP contribution in [-0.4, -0.2) is 26.5 Å². The highest BCUT2D eigenvalue weighted by Gasteiger charge is 2.19. The maximum absolute atomic E-state index is 11.6. The SMILES string of the molecule is CCOc1cc(C)c(C(=O)Cl)cc1S(C)(=O)=O. The summed E-state index contributed by atoms with van der Waals surface area (Å²) in [5.41, 5.74) is 0.761. The Hall–Kier alpha value is -1.07. The van der Waals surface area contributed by atoms with Gasteiger partial charge in [0.25, 0.3) is 5.24 Å². The molecular weight excluding hydrogens is 264 g/mol. The van der Waals surface area contributed by atoms with Gasteiger partial charge < -0.3 is 4.74 Å². The standard InChI is InChI=1S/C11H13ClO4S/c1-4-16-9-5-7(2)8(11(12)13)6-10(9)17(3,14)15/h5-6H,4H2,1-3H3. The van der Waals surface area contributed by atoms with Gasteiger partial charge in [-0.1, -0.05) is 0 Å². The molecule has 0 amide bonds. The number of rotatable bonds is 4. The van der Waals surface area contributed by atoms with Crippen LogP contribution >= 0.6 is 11.6 Å². The zero-order valence-corrected chi connectivity index (χ0v) is 11.4. The molecule has 0 unspecified atom stereocenters. The minimum absolute atomic E-state index is 0.0195. The van der Waals surface area contributed by atoms with Crippen LogP contribution in [0.5, 0.6) is 5.75 Å². The molecule has 1 rings (SSSR count). The summed E-state index contributed by atoms with van der Waals surface area (Å²) in [6.45, 7) is 3.77. The van der Waals surface area contributed by atoms with E-state index in [1.165, 1.54) is 12.1 Å². The first-order valence-electron chi connectivity index (χ1n) is 4.94. The number of carbonyl (C=O) groups excluding carboxylic acids is 1. The molecule has 17 heavy (non-hydrogen) atoms. The second-order valence-corrected chi connectivity index (χ2v) is 5.92. The summed E-state index contributed by atoms with van der Waals surface area (Å²) >= 11 is 5.39. The zero-order chi connectivity index (χ0) is 13.2. The number of hydrogen-bond acceptors (Lipinski definition) is 4. The van der Waals surface area contributed by atoms with E-state index in [9.17, 15) is 13.2 Å². The second-order valence-electron chi connectivity index (χ2n) is 3.59. The minimum Gasteiger partial charge on any atom is -0.493 e. The number of hydrogen-bond donors (Lipinski definition) is 0. The molecule has 6 heteroatoms. The van der Waals surface area contributed by atoms with Crippen molar-refractivity contribution in [3.8, 4) is 5.75 Å². The fourth-order valence-corrected chi connectivity index (χ4v) is 2.45. The summed E-state index contributed by atoms with van der Waals surface area (Å²) in [5.74, 6) is 0.245. The Morgan fingerprint density at radius 2 is 2.00 bits per heavy atom. The molecule has 0 aliphatic heterocycles. The summed E-state index contributed by atoms with van der Waals surface area (Å²) < 4.78 is 28.4. The molecule has 94 valence electrons. The lowest BCUT2D eigenvalue weighted by molar-refractivity contribution is 0.108. The number of sulfone groups is 1. The summed E-state index contributed by atoms with van der Waals surface area (Å²) in [6, 6.07) is 2.76. The van der Waals surface area contributed by atoms with Gasteiger partial charge in [0, 0.05) is 11.8 Å². The van der Waals surface area contributed by atoms with Crippen molar-refractivity contribution in [2.45, 2.75) is 18.7 Å². The molecule has 0 N–H and O–H groups in total. The highest BCUT2D eigenvalue weighted by atomic mass is 35.5. The molecule has 0 saturated heterocycles. The Morgan fingerprint density at radius 3 is 2.41 bits per heavy atom. The van der Waals surface area contributed by atoms with E-state index in [4.69, 9.17) is 16.3 Å². The molecule has 0 heterocycles. The average Bonchev–Trinajstić information content (AvgIpc) is 2.15. The molecule has 0 aliphatic carbocycles. The monoisotopic (exact) mass is 276 g/mol. The van der Waals surface area contributed by atoms with E-state index in [1.807, 2.05) is 0 Å². The van der Waals surface area contributed by atoms with E-state index in [0.29, 0.717) is 12.2 Å². The van der Waals surface area contributed by atoms with E-state index < -0.39 is 15.1 Å². The Balaban J connectivity index is 3.53. The van der Waals surface area contributed by atoms with E-state index in [1.54, 1.807) is 13.8 Å². The number of carbonyl (C=O) groups is 1. The molecule has 1 aromatic carbocycles. The predicted molar refractivity (Wildman–Crippen MR) is 65.6 cm³/mol. The van der Waals surface area contributed by atoms with Gasteiger partial charge in [0.2, 0.25) is 0 Å². The number of benzene rings is 1. The first kappa shape index (κ1) is 14.0. The van der Waals surface area contributed by atoms with Crippen LogP contribution in [0.3, 0.4) is 0 Å². The van der Waals surface area contributed by atoms with Crippen molar-refractivity contribution in [2.75, 3.05) is 12.9 Å². The zero-order valence-electron chi connectivity index (χ0n) is 9.78. The van der Waals surface area contributed by atoms with Crippen molar-refractivity contribution in [3.63, 3.8) is 0 Å². The molecule has 0 aliphatic rings. The fourth-order valence-electron chi connectivity index (χ4n) is 1.43. The van der Waals surface area contributed by atoms with Crippen LogP contribution < -0.4 is 4.74 Å².